The number of amides is 3. The summed E-state index contributed by atoms with van der Waals surface area (Å²) in [5.41, 5.74) is 0.724. The number of fused-ring (bicyclic) bond motifs is 1. The molecule has 1 aromatic carbocycles. The average Bonchev–Trinajstić information content (AvgIpc) is 3.35. The van der Waals surface area contributed by atoms with Crippen LogP contribution in [0.3, 0.4) is 0 Å². The number of hydrogen-bond donors (Lipinski definition) is 1. The Morgan fingerprint density at radius 3 is 2.74 bits per heavy atom. The molecule has 156 valence electrons. The maximum Gasteiger partial charge on any atom is 0.282 e. The van der Waals surface area contributed by atoms with Gasteiger partial charge < -0.3 is 5.32 Å². The molecule has 11 heteroatoms. The SMILES string of the molecule is O=C(CCN1C(=O)c2cccc([N+](=O)[O-])c2C1=O)NCc1csc(-c2ccccn2)n1. The first-order chi connectivity index (χ1) is 15.0. The van der Waals surface area contributed by atoms with Crippen LogP contribution < -0.4 is 5.32 Å². The first-order valence-electron chi connectivity index (χ1n) is 9.22. The Kier molecular flexibility index (Phi) is 5.50. The molecule has 0 saturated heterocycles. The number of carbonyl (C=O) groups is 3. The summed E-state index contributed by atoms with van der Waals surface area (Å²) >= 11 is 1.41. The van der Waals surface area contributed by atoms with Crippen LogP contribution in [-0.4, -0.2) is 44.1 Å². The lowest BCUT2D eigenvalue weighted by atomic mass is 10.1. The third-order valence-electron chi connectivity index (χ3n) is 4.64. The summed E-state index contributed by atoms with van der Waals surface area (Å²) in [6, 6.07) is 9.40. The maximum atomic E-state index is 12.5. The van der Waals surface area contributed by atoms with Crippen LogP contribution in [0.1, 0.15) is 32.8 Å². The minimum absolute atomic E-state index is 0.0240. The summed E-state index contributed by atoms with van der Waals surface area (Å²) in [4.78, 5) is 57.1. The van der Waals surface area contributed by atoms with Crippen molar-refractivity contribution in [2.45, 2.75) is 13.0 Å². The first-order valence-corrected chi connectivity index (χ1v) is 10.1. The standard InChI is InChI=1S/C20H15N5O5S/c26-16(22-10-12-11-31-18(23-12)14-5-1-2-8-21-14)7-9-24-19(27)13-4-3-6-15(25(29)30)17(13)20(24)28/h1-6,8,11H,7,9-10H2,(H,22,26). The summed E-state index contributed by atoms with van der Waals surface area (Å²) in [5, 5.41) is 16.4. The molecule has 1 aliphatic heterocycles. The molecule has 0 unspecified atom stereocenters. The van der Waals surface area contributed by atoms with E-state index in [9.17, 15) is 24.5 Å². The van der Waals surface area contributed by atoms with Crippen molar-refractivity contribution >= 4 is 34.7 Å². The zero-order chi connectivity index (χ0) is 22.0. The number of benzene rings is 1. The van der Waals surface area contributed by atoms with Gasteiger partial charge in [-0.15, -0.1) is 11.3 Å². The van der Waals surface area contributed by atoms with Gasteiger partial charge in [0.2, 0.25) is 5.91 Å². The topological polar surface area (TPSA) is 135 Å². The van der Waals surface area contributed by atoms with E-state index < -0.39 is 22.4 Å². The Hall–Kier alpha value is -3.99. The molecule has 0 saturated carbocycles. The third kappa shape index (κ3) is 4.03. The molecule has 0 atom stereocenters. The van der Waals surface area contributed by atoms with Gasteiger partial charge in [-0.2, -0.15) is 0 Å². The van der Waals surface area contributed by atoms with Gasteiger partial charge >= 0.3 is 0 Å². The molecule has 1 N–H and O–H groups in total. The van der Waals surface area contributed by atoms with Crippen LogP contribution in [0.25, 0.3) is 10.7 Å². The van der Waals surface area contributed by atoms with E-state index in [1.54, 1.807) is 6.20 Å². The number of nitrogens with one attached hydrogen (secondary N) is 1. The molecular formula is C20H15N5O5S. The number of imide groups is 1. The van der Waals surface area contributed by atoms with Crippen molar-refractivity contribution in [2.24, 2.45) is 0 Å². The number of thiazole rings is 1. The lowest BCUT2D eigenvalue weighted by Gasteiger charge is -2.13. The van der Waals surface area contributed by atoms with Gasteiger partial charge in [-0.1, -0.05) is 12.1 Å². The summed E-state index contributed by atoms with van der Waals surface area (Å²) in [7, 11) is 0. The highest BCUT2D eigenvalue weighted by Crippen LogP contribution is 2.30. The molecule has 0 fully saturated rings. The Bertz CT molecular complexity index is 1190. The van der Waals surface area contributed by atoms with Gasteiger partial charge in [0.15, 0.2) is 0 Å². The molecule has 4 rings (SSSR count). The molecular weight excluding hydrogens is 422 g/mol. The molecule has 31 heavy (non-hydrogen) atoms. The number of nitrogens with zero attached hydrogens (tertiary/aromatic N) is 4. The largest absolute Gasteiger partial charge is 0.350 e. The van der Waals surface area contributed by atoms with Crippen molar-refractivity contribution in [2.75, 3.05) is 6.54 Å². The molecule has 3 amide bonds. The summed E-state index contributed by atoms with van der Waals surface area (Å²) < 4.78 is 0. The zero-order valence-corrected chi connectivity index (χ0v) is 16.8. The van der Waals surface area contributed by atoms with Crippen LogP contribution in [0.15, 0.2) is 48.0 Å². The molecule has 0 bridgehead atoms. The normalized spacial score (nSPS) is 12.7. The summed E-state index contributed by atoms with van der Waals surface area (Å²) in [6.45, 7) is 0.0152. The molecule has 1 aliphatic rings. The quantitative estimate of drug-likeness (QED) is 0.341. The minimum atomic E-state index is -0.764. The number of nitro benzene ring substituents is 1. The van der Waals surface area contributed by atoms with E-state index in [-0.39, 0.29) is 36.5 Å². The van der Waals surface area contributed by atoms with Gasteiger partial charge in [-0.3, -0.25) is 34.4 Å². The fourth-order valence-electron chi connectivity index (χ4n) is 3.16. The Morgan fingerprint density at radius 1 is 1.16 bits per heavy atom. The van der Waals surface area contributed by atoms with E-state index in [4.69, 9.17) is 0 Å². The van der Waals surface area contributed by atoms with Crippen LogP contribution >= 0.6 is 11.3 Å². The zero-order valence-electron chi connectivity index (χ0n) is 16.0. The van der Waals surface area contributed by atoms with Gasteiger partial charge in [0.25, 0.3) is 17.5 Å². The molecule has 0 aliphatic carbocycles. The number of hydrogen-bond acceptors (Lipinski definition) is 8. The predicted molar refractivity (Wildman–Crippen MR) is 110 cm³/mol. The van der Waals surface area contributed by atoms with Crippen molar-refractivity contribution in [1.29, 1.82) is 0 Å². The molecule has 0 spiro atoms. The van der Waals surface area contributed by atoms with E-state index in [1.807, 2.05) is 23.6 Å². The van der Waals surface area contributed by atoms with Crippen molar-refractivity contribution in [3.63, 3.8) is 0 Å². The lowest BCUT2D eigenvalue weighted by molar-refractivity contribution is -0.385. The van der Waals surface area contributed by atoms with Gasteiger partial charge in [-0.25, -0.2) is 4.98 Å². The average molecular weight is 437 g/mol. The van der Waals surface area contributed by atoms with Crippen LogP contribution in [-0.2, 0) is 11.3 Å². The van der Waals surface area contributed by atoms with Crippen molar-refractivity contribution < 1.29 is 19.3 Å². The molecule has 10 nitrogen and oxygen atoms in total. The van der Waals surface area contributed by atoms with Crippen molar-refractivity contribution in [3.05, 3.63) is 74.9 Å². The van der Waals surface area contributed by atoms with E-state index in [0.717, 1.165) is 15.6 Å². The number of rotatable bonds is 7. The van der Waals surface area contributed by atoms with Crippen molar-refractivity contribution in [1.82, 2.24) is 20.2 Å². The second kappa shape index (κ2) is 8.40. The fraction of sp³-hybridized carbons (Fsp3) is 0.150. The highest BCUT2D eigenvalue weighted by molar-refractivity contribution is 7.13. The Labute approximate surface area is 179 Å². The highest BCUT2D eigenvalue weighted by atomic mass is 32.1. The molecule has 2 aromatic heterocycles. The van der Waals surface area contributed by atoms with E-state index in [2.05, 4.69) is 15.3 Å². The number of aromatic nitrogens is 2. The number of carbonyl (C=O) groups excluding carboxylic acids is 3. The van der Waals surface area contributed by atoms with Crippen LogP contribution in [0.2, 0.25) is 0 Å². The Morgan fingerprint density at radius 2 is 2.00 bits per heavy atom. The number of nitro groups is 1. The van der Waals surface area contributed by atoms with Crippen LogP contribution in [0, 0.1) is 10.1 Å². The van der Waals surface area contributed by atoms with Gasteiger partial charge in [-0.05, 0) is 18.2 Å². The third-order valence-corrected chi connectivity index (χ3v) is 5.55. The van der Waals surface area contributed by atoms with Crippen LogP contribution in [0.4, 0.5) is 5.69 Å². The lowest BCUT2D eigenvalue weighted by Crippen LogP contribution is -2.34. The van der Waals surface area contributed by atoms with Gasteiger partial charge in [0.05, 0.1) is 28.4 Å². The second-order valence-electron chi connectivity index (χ2n) is 6.60. The first kappa shape index (κ1) is 20.3. The van der Waals surface area contributed by atoms with Crippen LogP contribution in [0.5, 0.6) is 0 Å². The smallest absolute Gasteiger partial charge is 0.282 e. The monoisotopic (exact) mass is 437 g/mol. The summed E-state index contributed by atoms with van der Waals surface area (Å²) in [5.74, 6) is -1.78. The minimum Gasteiger partial charge on any atom is -0.350 e. The van der Waals surface area contributed by atoms with Gasteiger partial charge in [0, 0.05) is 30.6 Å². The van der Waals surface area contributed by atoms with Crippen molar-refractivity contribution in [3.8, 4) is 10.7 Å². The maximum absolute atomic E-state index is 12.5. The van der Waals surface area contributed by atoms with E-state index >= 15 is 0 Å². The molecule has 3 heterocycles. The molecule has 0 radical (unpaired) electrons. The fourth-order valence-corrected chi connectivity index (χ4v) is 3.95. The second-order valence-corrected chi connectivity index (χ2v) is 7.46. The van der Waals surface area contributed by atoms with E-state index in [1.165, 1.54) is 29.5 Å². The predicted octanol–water partition coefficient (Wildman–Crippen LogP) is 2.42. The highest BCUT2D eigenvalue weighted by Gasteiger charge is 2.40. The van der Waals surface area contributed by atoms with E-state index in [0.29, 0.717) is 5.69 Å². The van der Waals surface area contributed by atoms with Gasteiger partial charge in [0.1, 0.15) is 10.6 Å². The summed E-state index contributed by atoms with van der Waals surface area (Å²) in [6.07, 6.45) is 1.54. The Balaban J connectivity index is 1.34. The molecule has 3 aromatic rings. The number of pyridine rings is 1.